The first-order valence-electron chi connectivity index (χ1n) is 10.0. The van der Waals surface area contributed by atoms with Gasteiger partial charge in [0.25, 0.3) is 0 Å². The summed E-state index contributed by atoms with van der Waals surface area (Å²) < 4.78 is 16.8. The van der Waals surface area contributed by atoms with Crippen molar-refractivity contribution in [2.45, 2.75) is 11.8 Å². The molecule has 1 amide bonds. The highest BCUT2D eigenvalue weighted by atomic mass is 16.7. The molecule has 0 spiro atoms. The third-order valence-electron chi connectivity index (χ3n) is 6.07. The summed E-state index contributed by atoms with van der Waals surface area (Å²) in [5.41, 5.74) is 1.44. The van der Waals surface area contributed by atoms with E-state index in [0.717, 1.165) is 11.3 Å². The van der Waals surface area contributed by atoms with Gasteiger partial charge in [0.05, 0.1) is 7.11 Å². The first-order valence-corrected chi connectivity index (χ1v) is 10.0. The second kappa shape index (κ2) is 7.16. The number of ether oxygens (including phenoxy) is 3. The zero-order valence-electron chi connectivity index (χ0n) is 17.3. The van der Waals surface area contributed by atoms with Gasteiger partial charge in [-0.1, -0.05) is 48.5 Å². The molecular weight excluding hydrogens is 394 g/mol. The number of para-hydroxylation sites is 1. The summed E-state index contributed by atoms with van der Waals surface area (Å²) in [7, 11) is 3.28. The fourth-order valence-electron chi connectivity index (χ4n) is 4.56. The summed E-state index contributed by atoms with van der Waals surface area (Å²) in [4.78, 5) is 28.9. The third kappa shape index (κ3) is 2.79. The number of Topliss-reactive ketones (excluding diaryl/α,β-unsaturated/α-hetero) is 1. The SMILES string of the molecule is COc1cc2c(cc1[C@@]1(CC(=O)c3ccccc3)C(=O)N(C)c3ccccc31)OCO2. The van der Waals surface area contributed by atoms with Crippen LogP contribution < -0.4 is 19.1 Å². The molecule has 0 unspecified atom stereocenters. The molecule has 6 nitrogen and oxygen atoms in total. The summed E-state index contributed by atoms with van der Waals surface area (Å²) in [6.45, 7) is 0.0995. The van der Waals surface area contributed by atoms with Gasteiger partial charge in [-0.3, -0.25) is 9.59 Å². The fraction of sp³-hybridized carbons (Fsp3) is 0.200. The van der Waals surface area contributed by atoms with E-state index in [2.05, 4.69) is 0 Å². The van der Waals surface area contributed by atoms with Crippen LogP contribution in [0.1, 0.15) is 27.9 Å². The Hall–Kier alpha value is -3.80. The minimum absolute atomic E-state index is 0.0345. The van der Waals surface area contributed by atoms with Crippen LogP contribution >= 0.6 is 0 Å². The maximum Gasteiger partial charge on any atom is 0.242 e. The Morgan fingerprint density at radius 1 is 1.00 bits per heavy atom. The number of anilines is 1. The van der Waals surface area contributed by atoms with Crippen LogP contribution in [0.15, 0.2) is 66.7 Å². The van der Waals surface area contributed by atoms with Gasteiger partial charge in [-0.15, -0.1) is 0 Å². The molecule has 0 radical (unpaired) electrons. The molecule has 2 aliphatic heterocycles. The molecule has 0 N–H and O–H groups in total. The molecule has 2 aliphatic rings. The number of carbonyl (C=O) groups excluding carboxylic acids is 2. The maximum absolute atomic E-state index is 13.9. The lowest BCUT2D eigenvalue weighted by atomic mass is 9.70. The number of carbonyl (C=O) groups is 2. The Balaban J connectivity index is 1.76. The number of rotatable bonds is 5. The number of ketones is 1. The van der Waals surface area contributed by atoms with Crippen molar-refractivity contribution in [2.24, 2.45) is 0 Å². The van der Waals surface area contributed by atoms with E-state index in [9.17, 15) is 9.59 Å². The lowest BCUT2D eigenvalue weighted by molar-refractivity contribution is -0.121. The quantitative estimate of drug-likeness (QED) is 0.590. The van der Waals surface area contributed by atoms with Gasteiger partial charge >= 0.3 is 0 Å². The third-order valence-corrected chi connectivity index (χ3v) is 6.07. The van der Waals surface area contributed by atoms with Crippen molar-refractivity contribution < 1.29 is 23.8 Å². The van der Waals surface area contributed by atoms with E-state index in [4.69, 9.17) is 14.2 Å². The Kier molecular flexibility index (Phi) is 4.43. The highest BCUT2D eigenvalue weighted by Gasteiger charge is 2.54. The van der Waals surface area contributed by atoms with E-state index >= 15 is 0 Å². The Morgan fingerprint density at radius 3 is 2.42 bits per heavy atom. The molecule has 3 aromatic carbocycles. The number of fused-ring (bicyclic) bond motifs is 2. The predicted molar refractivity (Wildman–Crippen MR) is 115 cm³/mol. The van der Waals surface area contributed by atoms with Crippen molar-refractivity contribution >= 4 is 17.4 Å². The largest absolute Gasteiger partial charge is 0.496 e. The summed E-state index contributed by atoms with van der Waals surface area (Å²) in [6.07, 6.45) is -0.0345. The van der Waals surface area contributed by atoms with Crippen molar-refractivity contribution in [3.8, 4) is 17.2 Å². The van der Waals surface area contributed by atoms with Gasteiger partial charge in [-0.25, -0.2) is 0 Å². The smallest absolute Gasteiger partial charge is 0.242 e. The van der Waals surface area contributed by atoms with Gasteiger partial charge < -0.3 is 19.1 Å². The number of nitrogens with zero attached hydrogens (tertiary/aromatic N) is 1. The maximum atomic E-state index is 13.9. The molecule has 31 heavy (non-hydrogen) atoms. The second-order valence-electron chi connectivity index (χ2n) is 7.66. The molecule has 1 atom stereocenters. The van der Waals surface area contributed by atoms with Crippen LogP contribution in [-0.4, -0.2) is 32.6 Å². The monoisotopic (exact) mass is 415 g/mol. The molecule has 156 valence electrons. The highest BCUT2D eigenvalue weighted by molar-refractivity contribution is 6.14. The molecule has 0 saturated heterocycles. The number of likely N-dealkylation sites (N-methyl/N-ethyl adjacent to an activating group) is 1. The molecule has 0 aliphatic carbocycles. The normalized spacial score (nSPS) is 18.8. The number of methoxy groups -OCH3 is 1. The summed E-state index contributed by atoms with van der Waals surface area (Å²) in [5, 5.41) is 0. The van der Waals surface area contributed by atoms with E-state index in [-0.39, 0.29) is 24.9 Å². The van der Waals surface area contributed by atoms with Gasteiger partial charge in [-0.2, -0.15) is 0 Å². The van der Waals surface area contributed by atoms with Gasteiger partial charge in [0.2, 0.25) is 12.7 Å². The minimum atomic E-state index is -1.25. The lowest BCUT2D eigenvalue weighted by Crippen LogP contribution is -2.41. The van der Waals surface area contributed by atoms with Crippen LogP contribution in [0.2, 0.25) is 0 Å². The first-order chi connectivity index (χ1) is 15.1. The van der Waals surface area contributed by atoms with E-state index in [1.54, 1.807) is 43.3 Å². The Morgan fingerprint density at radius 2 is 1.68 bits per heavy atom. The molecule has 3 aromatic rings. The summed E-state index contributed by atoms with van der Waals surface area (Å²) in [6, 6.07) is 20.1. The molecule has 0 aromatic heterocycles. The van der Waals surface area contributed by atoms with E-state index in [1.807, 2.05) is 42.5 Å². The molecule has 0 bridgehead atoms. The van der Waals surface area contributed by atoms with Gasteiger partial charge in [0.15, 0.2) is 17.3 Å². The standard InChI is InChI=1S/C25H21NO5/c1-26-19-11-7-6-10-17(19)25(24(26)28,14-20(27)16-8-4-3-5-9-16)18-12-22-23(31-15-30-22)13-21(18)29-2/h3-13H,14-15H2,1-2H3/t25-/m0/s1. The first kappa shape index (κ1) is 19.2. The molecule has 6 heteroatoms. The predicted octanol–water partition coefficient (Wildman–Crippen LogP) is 3.96. The van der Waals surface area contributed by atoms with Crippen LogP contribution in [-0.2, 0) is 10.2 Å². The Bertz CT molecular complexity index is 1190. The van der Waals surface area contributed by atoms with Crippen molar-refractivity contribution in [1.82, 2.24) is 0 Å². The highest BCUT2D eigenvalue weighted by Crippen LogP contribution is 2.53. The van der Waals surface area contributed by atoms with Gasteiger partial charge in [0.1, 0.15) is 11.2 Å². The topological polar surface area (TPSA) is 65.1 Å². The van der Waals surface area contributed by atoms with Crippen molar-refractivity contribution in [3.63, 3.8) is 0 Å². The second-order valence-corrected chi connectivity index (χ2v) is 7.66. The number of benzene rings is 3. The van der Waals surface area contributed by atoms with E-state index < -0.39 is 5.41 Å². The number of amides is 1. The molecular formula is C25H21NO5. The summed E-state index contributed by atoms with van der Waals surface area (Å²) >= 11 is 0. The van der Waals surface area contributed by atoms with Crippen molar-refractivity contribution in [2.75, 3.05) is 25.9 Å². The molecule has 0 saturated carbocycles. The van der Waals surface area contributed by atoms with Crippen LogP contribution in [0.5, 0.6) is 17.2 Å². The molecule has 5 rings (SSSR count). The van der Waals surface area contributed by atoms with E-state index in [0.29, 0.717) is 28.4 Å². The molecule has 2 heterocycles. The molecule has 0 fully saturated rings. The van der Waals surface area contributed by atoms with Crippen LogP contribution in [0, 0.1) is 0 Å². The Labute approximate surface area is 180 Å². The average Bonchev–Trinajstić information content (AvgIpc) is 3.36. The van der Waals surface area contributed by atoms with Crippen LogP contribution in [0.4, 0.5) is 5.69 Å². The van der Waals surface area contributed by atoms with E-state index in [1.165, 1.54) is 0 Å². The van der Waals surface area contributed by atoms with Crippen LogP contribution in [0.3, 0.4) is 0 Å². The van der Waals surface area contributed by atoms with Crippen molar-refractivity contribution in [3.05, 3.63) is 83.4 Å². The van der Waals surface area contributed by atoms with Crippen LogP contribution in [0.25, 0.3) is 0 Å². The lowest BCUT2D eigenvalue weighted by Gasteiger charge is -2.30. The van der Waals surface area contributed by atoms with Gasteiger partial charge in [0, 0.05) is 36.3 Å². The van der Waals surface area contributed by atoms with Crippen molar-refractivity contribution in [1.29, 1.82) is 0 Å². The number of hydrogen-bond acceptors (Lipinski definition) is 5. The zero-order chi connectivity index (χ0) is 21.6. The fourth-order valence-corrected chi connectivity index (χ4v) is 4.56. The minimum Gasteiger partial charge on any atom is -0.496 e. The van der Waals surface area contributed by atoms with Gasteiger partial charge in [-0.05, 0) is 17.7 Å². The average molecular weight is 415 g/mol. The summed E-state index contributed by atoms with van der Waals surface area (Å²) in [5.74, 6) is 1.25. The zero-order valence-corrected chi connectivity index (χ0v) is 17.3. The number of hydrogen-bond donors (Lipinski definition) is 0.